The van der Waals surface area contributed by atoms with Crippen molar-refractivity contribution in [3.63, 3.8) is 0 Å². The summed E-state index contributed by atoms with van der Waals surface area (Å²) in [4.78, 5) is 45.7. The van der Waals surface area contributed by atoms with Gasteiger partial charge in [0.05, 0.1) is 24.7 Å². The molecule has 150 valence electrons. The minimum Gasteiger partial charge on any atom is -0.466 e. The number of nitro benzene ring substituents is 1. The molecule has 0 aliphatic carbocycles. The predicted octanol–water partition coefficient (Wildman–Crippen LogP) is 1.34. The van der Waals surface area contributed by atoms with Crippen molar-refractivity contribution in [1.29, 1.82) is 0 Å². The molecule has 0 N–H and O–H groups in total. The molecule has 0 amide bonds. The van der Waals surface area contributed by atoms with Crippen LogP contribution in [0.15, 0.2) is 24.3 Å². The molecule has 0 radical (unpaired) electrons. The van der Waals surface area contributed by atoms with Crippen molar-refractivity contribution >= 4 is 17.6 Å². The minimum absolute atomic E-state index is 0.0478. The van der Waals surface area contributed by atoms with Crippen molar-refractivity contribution in [3.05, 3.63) is 50.1 Å². The van der Waals surface area contributed by atoms with Crippen molar-refractivity contribution in [2.24, 2.45) is 0 Å². The standard InChI is InChI=1S/C16H16N2O10/c1-4-26-16(20)14(18(23)24)13(8(2)15(19)25-3)9-5-11-12(28-7-27-11)6-10(9)17(21)22/h5-6,13-14H,2,4,7H2,1,3H3. The molecule has 2 rings (SSSR count). The van der Waals surface area contributed by atoms with E-state index in [-0.39, 0.29) is 30.5 Å². The van der Waals surface area contributed by atoms with Crippen LogP contribution in [-0.2, 0) is 19.1 Å². The fourth-order valence-electron chi connectivity index (χ4n) is 2.73. The summed E-state index contributed by atoms with van der Waals surface area (Å²) in [6, 6.07) is -0.0718. The Kier molecular flexibility index (Phi) is 6.13. The van der Waals surface area contributed by atoms with Crippen LogP contribution in [0.4, 0.5) is 5.69 Å². The molecule has 28 heavy (non-hydrogen) atoms. The quantitative estimate of drug-likeness (QED) is 0.272. The number of nitrogens with zero attached hydrogens (tertiary/aromatic N) is 2. The molecule has 0 saturated carbocycles. The summed E-state index contributed by atoms with van der Waals surface area (Å²) in [7, 11) is 1.00. The van der Waals surface area contributed by atoms with Gasteiger partial charge in [-0.1, -0.05) is 6.58 Å². The van der Waals surface area contributed by atoms with Crippen LogP contribution < -0.4 is 9.47 Å². The summed E-state index contributed by atoms with van der Waals surface area (Å²) >= 11 is 0. The first-order valence-corrected chi connectivity index (χ1v) is 7.88. The number of hydrogen-bond donors (Lipinski definition) is 0. The molecule has 0 fully saturated rings. The number of ether oxygens (including phenoxy) is 4. The van der Waals surface area contributed by atoms with Crippen molar-refractivity contribution in [1.82, 2.24) is 0 Å². The lowest BCUT2D eigenvalue weighted by atomic mass is 9.84. The highest BCUT2D eigenvalue weighted by molar-refractivity contribution is 5.92. The van der Waals surface area contributed by atoms with Crippen LogP contribution in [0, 0.1) is 20.2 Å². The van der Waals surface area contributed by atoms with Gasteiger partial charge < -0.3 is 18.9 Å². The first kappa shape index (κ1) is 20.6. The van der Waals surface area contributed by atoms with Crippen molar-refractivity contribution < 1.29 is 38.4 Å². The van der Waals surface area contributed by atoms with Gasteiger partial charge in [-0.3, -0.25) is 20.2 Å². The van der Waals surface area contributed by atoms with Gasteiger partial charge in [-0.25, -0.2) is 9.59 Å². The average molecular weight is 396 g/mol. The van der Waals surface area contributed by atoms with E-state index in [1.807, 2.05) is 0 Å². The number of nitro groups is 2. The van der Waals surface area contributed by atoms with Gasteiger partial charge in [0.25, 0.3) is 5.69 Å². The summed E-state index contributed by atoms with van der Waals surface area (Å²) in [5.41, 5.74) is -1.48. The lowest BCUT2D eigenvalue weighted by Crippen LogP contribution is -2.39. The van der Waals surface area contributed by atoms with Gasteiger partial charge in [0.1, 0.15) is 5.92 Å². The van der Waals surface area contributed by atoms with Gasteiger partial charge in [-0.2, -0.15) is 0 Å². The van der Waals surface area contributed by atoms with Crippen LogP contribution in [-0.4, -0.2) is 48.3 Å². The highest BCUT2D eigenvalue weighted by Gasteiger charge is 2.48. The van der Waals surface area contributed by atoms with Crippen LogP contribution in [0.3, 0.4) is 0 Å². The predicted molar refractivity (Wildman–Crippen MR) is 90.5 cm³/mol. The van der Waals surface area contributed by atoms with E-state index in [2.05, 4.69) is 11.3 Å². The fraction of sp³-hybridized carbons (Fsp3) is 0.375. The maximum Gasteiger partial charge on any atom is 0.382 e. The molecule has 0 spiro atoms. The number of rotatable bonds is 8. The van der Waals surface area contributed by atoms with E-state index in [1.165, 1.54) is 6.92 Å². The molecule has 12 heteroatoms. The lowest BCUT2D eigenvalue weighted by Gasteiger charge is -2.21. The SMILES string of the molecule is C=C(C(=O)OC)C(c1cc2c(cc1[N+](=O)[O-])OCO2)C(C(=O)OCC)[N+](=O)[O-]. The van der Waals surface area contributed by atoms with Crippen LogP contribution in [0.25, 0.3) is 0 Å². The highest BCUT2D eigenvalue weighted by atomic mass is 16.7. The second-order valence-corrected chi connectivity index (χ2v) is 5.50. The van der Waals surface area contributed by atoms with E-state index in [0.717, 1.165) is 19.2 Å². The second-order valence-electron chi connectivity index (χ2n) is 5.50. The number of hydrogen-bond acceptors (Lipinski definition) is 10. The molecule has 1 aliphatic heterocycles. The molecule has 1 aromatic rings. The summed E-state index contributed by atoms with van der Waals surface area (Å²) in [5.74, 6) is -3.99. The highest BCUT2D eigenvalue weighted by Crippen LogP contribution is 2.44. The lowest BCUT2D eigenvalue weighted by molar-refractivity contribution is -0.513. The summed E-state index contributed by atoms with van der Waals surface area (Å²) in [6.07, 6.45) is 0. The molecule has 12 nitrogen and oxygen atoms in total. The summed E-state index contributed by atoms with van der Waals surface area (Å²) in [5, 5.41) is 23.2. The Morgan fingerprint density at radius 2 is 1.86 bits per heavy atom. The maximum absolute atomic E-state index is 12.2. The maximum atomic E-state index is 12.2. The van der Waals surface area contributed by atoms with Gasteiger partial charge in [0.2, 0.25) is 6.79 Å². The zero-order valence-corrected chi connectivity index (χ0v) is 14.9. The van der Waals surface area contributed by atoms with Crippen LogP contribution in [0.1, 0.15) is 18.4 Å². The third-order valence-corrected chi connectivity index (χ3v) is 3.95. The molecule has 1 heterocycles. The van der Waals surface area contributed by atoms with Crippen LogP contribution >= 0.6 is 0 Å². The smallest absolute Gasteiger partial charge is 0.382 e. The van der Waals surface area contributed by atoms with E-state index in [4.69, 9.17) is 14.2 Å². The Labute approximate surface area is 157 Å². The largest absolute Gasteiger partial charge is 0.466 e. The first-order chi connectivity index (χ1) is 13.2. The van der Waals surface area contributed by atoms with E-state index in [1.54, 1.807) is 0 Å². The number of fused-ring (bicyclic) bond motifs is 1. The number of benzene rings is 1. The third-order valence-electron chi connectivity index (χ3n) is 3.95. The summed E-state index contributed by atoms with van der Waals surface area (Å²) in [6.45, 7) is 4.50. The molecule has 0 aromatic heterocycles. The Morgan fingerprint density at radius 1 is 1.25 bits per heavy atom. The van der Waals surface area contributed by atoms with E-state index in [9.17, 15) is 29.8 Å². The van der Waals surface area contributed by atoms with Gasteiger partial charge in [-0.05, 0) is 13.0 Å². The van der Waals surface area contributed by atoms with Crippen molar-refractivity contribution in [2.45, 2.75) is 18.9 Å². The van der Waals surface area contributed by atoms with Crippen molar-refractivity contribution in [3.8, 4) is 11.5 Å². The Bertz CT molecular complexity index is 850. The molecule has 0 saturated heterocycles. The third kappa shape index (κ3) is 3.84. The minimum atomic E-state index is -2.18. The zero-order chi connectivity index (χ0) is 21.0. The first-order valence-electron chi connectivity index (χ1n) is 7.88. The van der Waals surface area contributed by atoms with Crippen molar-refractivity contribution in [2.75, 3.05) is 20.5 Å². The zero-order valence-electron chi connectivity index (χ0n) is 14.9. The molecule has 2 unspecified atom stereocenters. The topological polar surface area (TPSA) is 157 Å². The second kappa shape index (κ2) is 8.33. The van der Waals surface area contributed by atoms with Gasteiger partial charge in [-0.15, -0.1) is 0 Å². The fourth-order valence-corrected chi connectivity index (χ4v) is 2.73. The summed E-state index contributed by atoms with van der Waals surface area (Å²) < 4.78 is 19.5. The molecule has 1 aliphatic rings. The number of carbonyl (C=O) groups is 2. The Hall–Kier alpha value is -3.70. The molecule has 1 aromatic carbocycles. The van der Waals surface area contributed by atoms with Crippen LogP contribution in [0.2, 0.25) is 0 Å². The Balaban J connectivity index is 2.73. The van der Waals surface area contributed by atoms with E-state index >= 15 is 0 Å². The molecule has 2 atom stereocenters. The normalized spacial score (nSPS) is 13.9. The van der Waals surface area contributed by atoms with Gasteiger partial charge in [0.15, 0.2) is 11.5 Å². The average Bonchev–Trinajstić information content (AvgIpc) is 3.10. The van der Waals surface area contributed by atoms with Gasteiger partial charge >= 0.3 is 18.0 Å². The monoisotopic (exact) mass is 396 g/mol. The molecular weight excluding hydrogens is 380 g/mol. The van der Waals surface area contributed by atoms with E-state index < -0.39 is 45.0 Å². The number of carbonyl (C=O) groups excluding carboxylic acids is 2. The number of methoxy groups -OCH3 is 1. The van der Waals surface area contributed by atoms with Gasteiger partial charge in [0, 0.05) is 16.1 Å². The molecular formula is C16H16N2O10. The molecule has 0 bridgehead atoms. The number of esters is 2. The Morgan fingerprint density at radius 3 is 2.36 bits per heavy atom. The van der Waals surface area contributed by atoms with E-state index in [0.29, 0.717) is 0 Å². The van der Waals surface area contributed by atoms with Crippen LogP contribution in [0.5, 0.6) is 11.5 Å².